The zero-order valence-electron chi connectivity index (χ0n) is 41.6. The van der Waals surface area contributed by atoms with E-state index in [-0.39, 0.29) is 34.5 Å². The normalized spacial score (nSPS) is 12.8. The monoisotopic (exact) mass is 969 g/mol. The molecular formula is C55H64N14O3. The molecule has 0 radical (unpaired) electrons. The lowest BCUT2D eigenvalue weighted by Gasteiger charge is -2.25. The van der Waals surface area contributed by atoms with Crippen molar-refractivity contribution in [2.24, 2.45) is 5.92 Å². The van der Waals surface area contributed by atoms with Gasteiger partial charge in [0, 0.05) is 49.4 Å². The van der Waals surface area contributed by atoms with E-state index in [4.69, 9.17) is 23.6 Å². The Balaban J connectivity index is 0.000000159. The first-order valence-electron chi connectivity index (χ1n) is 24.0. The second kappa shape index (κ2) is 23.3. The summed E-state index contributed by atoms with van der Waals surface area (Å²) in [6.07, 6.45) is 7.95. The molecule has 0 saturated carbocycles. The molecule has 0 amide bonds. The topological polar surface area (TPSA) is 268 Å². The van der Waals surface area contributed by atoms with E-state index in [9.17, 15) is 14.4 Å². The molecule has 4 aromatic carbocycles. The molecule has 0 fully saturated rings. The molecule has 5 heterocycles. The smallest absolute Gasteiger partial charge is 0.261 e. The average molecular weight is 969 g/mol. The summed E-state index contributed by atoms with van der Waals surface area (Å²) in [6.45, 7) is 16.3. The number of terminal acetylenes is 1. The van der Waals surface area contributed by atoms with Gasteiger partial charge in [0.1, 0.15) is 5.82 Å². The number of H-pyrrole nitrogens is 3. The SMILES string of the molecule is C#CCN(Cc1ccc2nc(N)[nH]c(=O)c2c1)c1ccc(C(C)C)cc1.CC(C)c1ccc(NCC2CNc3nc(N)[nH]c(=O)c3C2)cc1.CC(C)c1ccc(NCc2cnc3nc(N)[nH]c(=O)c3c2)cc1. The summed E-state index contributed by atoms with van der Waals surface area (Å²) in [5.41, 5.74) is 26.6. The van der Waals surface area contributed by atoms with E-state index in [1.807, 2.05) is 18.2 Å². The Morgan fingerprint density at radius 3 is 1.82 bits per heavy atom. The minimum Gasteiger partial charge on any atom is -0.385 e. The van der Waals surface area contributed by atoms with Crippen LogP contribution in [-0.4, -0.2) is 54.5 Å². The molecule has 1 unspecified atom stereocenters. The van der Waals surface area contributed by atoms with Gasteiger partial charge in [-0.05, 0) is 113 Å². The van der Waals surface area contributed by atoms with Gasteiger partial charge in [-0.3, -0.25) is 29.3 Å². The number of anilines is 7. The molecule has 12 N–H and O–H groups in total. The highest BCUT2D eigenvalue weighted by Crippen LogP contribution is 2.25. The van der Waals surface area contributed by atoms with Gasteiger partial charge in [-0.1, -0.05) is 89.9 Å². The van der Waals surface area contributed by atoms with E-state index in [1.54, 1.807) is 12.3 Å². The Hall–Kier alpha value is -8.65. The van der Waals surface area contributed by atoms with Gasteiger partial charge < -0.3 is 38.1 Å². The van der Waals surface area contributed by atoms with E-state index in [0.29, 0.717) is 83.0 Å². The highest BCUT2D eigenvalue weighted by Gasteiger charge is 2.22. The van der Waals surface area contributed by atoms with Crippen molar-refractivity contribution in [1.29, 1.82) is 0 Å². The van der Waals surface area contributed by atoms with Crippen molar-refractivity contribution < 1.29 is 0 Å². The van der Waals surface area contributed by atoms with Crippen LogP contribution in [0.1, 0.15) is 92.7 Å². The maximum Gasteiger partial charge on any atom is 0.261 e. The molecule has 17 nitrogen and oxygen atoms in total. The molecule has 372 valence electrons. The lowest BCUT2D eigenvalue weighted by Crippen LogP contribution is -2.34. The summed E-state index contributed by atoms with van der Waals surface area (Å²) in [5.74, 6) is 5.54. The van der Waals surface area contributed by atoms with Gasteiger partial charge in [0.25, 0.3) is 16.7 Å². The number of aromatic nitrogens is 7. The third-order valence-corrected chi connectivity index (χ3v) is 12.3. The molecule has 1 atom stereocenters. The second-order valence-corrected chi connectivity index (χ2v) is 18.8. The predicted molar refractivity (Wildman–Crippen MR) is 294 cm³/mol. The number of aromatic amines is 3. The van der Waals surface area contributed by atoms with E-state index in [1.165, 1.54) is 16.7 Å². The number of fused-ring (bicyclic) bond motifs is 3. The maximum absolute atomic E-state index is 12.1. The Morgan fingerprint density at radius 2 is 1.21 bits per heavy atom. The number of hydrogen-bond donors (Lipinski definition) is 9. The predicted octanol–water partition coefficient (Wildman–Crippen LogP) is 8.08. The van der Waals surface area contributed by atoms with Crippen LogP contribution in [0.25, 0.3) is 21.9 Å². The molecule has 8 aromatic rings. The molecule has 1 aliphatic rings. The average Bonchev–Trinajstić information content (AvgIpc) is 3.36. The summed E-state index contributed by atoms with van der Waals surface area (Å²) in [4.78, 5) is 62.2. The van der Waals surface area contributed by atoms with E-state index in [0.717, 1.165) is 41.3 Å². The van der Waals surface area contributed by atoms with E-state index >= 15 is 0 Å². The summed E-state index contributed by atoms with van der Waals surface area (Å²) in [7, 11) is 0. The quantitative estimate of drug-likeness (QED) is 0.0495. The summed E-state index contributed by atoms with van der Waals surface area (Å²) in [6, 6.07) is 32.7. The molecular weight excluding hydrogens is 905 g/mol. The second-order valence-electron chi connectivity index (χ2n) is 18.8. The van der Waals surface area contributed by atoms with Crippen LogP contribution in [0.5, 0.6) is 0 Å². The lowest BCUT2D eigenvalue weighted by molar-refractivity contribution is 0.558. The number of nitrogens with one attached hydrogen (secondary N) is 6. The highest BCUT2D eigenvalue weighted by molar-refractivity contribution is 5.79. The van der Waals surface area contributed by atoms with E-state index < -0.39 is 0 Å². The molecule has 1 aliphatic heterocycles. The third kappa shape index (κ3) is 13.4. The molecule has 0 bridgehead atoms. The van der Waals surface area contributed by atoms with Crippen molar-refractivity contribution in [3.05, 3.63) is 168 Å². The molecule has 17 heteroatoms. The highest BCUT2D eigenvalue weighted by atomic mass is 16.1. The van der Waals surface area contributed by atoms with Gasteiger partial charge in [0.15, 0.2) is 5.65 Å². The Morgan fingerprint density at radius 1 is 0.667 bits per heavy atom. The van der Waals surface area contributed by atoms with Crippen molar-refractivity contribution in [2.45, 2.75) is 78.8 Å². The molecule has 72 heavy (non-hydrogen) atoms. The van der Waals surface area contributed by atoms with Gasteiger partial charge in [-0.2, -0.15) is 9.97 Å². The van der Waals surface area contributed by atoms with Crippen LogP contribution in [-0.2, 0) is 19.5 Å². The first-order chi connectivity index (χ1) is 34.5. The minimum absolute atomic E-state index is 0.0751. The van der Waals surface area contributed by atoms with Crippen LogP contribution >= 0.6 is 0 Å². The summed E-state index contributed by atoms with van der Waals surface area (Å²) < 4.78 is 0. The first kappa shape index (κ1) is 51.2. The number of hydrogen-bond acceptors (Lipinski definition) is 14. The zero-order chi connectivity index (χ0) is 51.5. The van der Waals surface area contributed by atoms with Gasteiger partial charge in [0.05, 0.1) is 28.4 Å². The minimum atomic E-state index is -0.275. The van der Waals surface area contributed by atoms with Gasteiger partial charge in [0.2, 0.25) is 17.8 Å². The molecule has 0 saturated heterocycles. The number of nitrogens with two attached hydrogens (primary N) is 3. The van der Waals surface area contributed by atoms with Crippen LogP contribution < -0.4 is 54.7 Å². The van der Waals surface area contributed by atoms with Crippen molar-refractivity contribution in [1.82, 2.24) is 34.9 Å². The number of pyridine rings is 1. The Kier molecular flexibility index (Phi) is 16.6. The Bertz CT molecular complexity index is 3340. The van der Waals surface area contributed by atoms with Crippen molar-refractivity contribution >= 4 is 62.7 Å². The van der Waals surface area contributed by atoms with Crippen molar-refractivity contribution in [3.63, 3.8) is 0 Å². The van der Waals surface area contributed by atoms with Crippen LogP contribution in [0, 0.1) is 18.3 Å². The fraction of sp³-hybridized carbons (Fsp3) is 0.291. The fourth-order valence-corrected chi connectivity index (χ4v) is 8.16. The molecule has 0 spiro atoms. The van der Waals surface area contributed by atoms with E-state index in [2.05, 4.69) is 176 Å². The van der Waals surface area contributed by atoms with Crippen LogP contribution in [0.2, 0.25) is 0 Å². The lowest BCUT2D eigenvalue weighted by atomic mass is 9.96. The van der Waals surface area contributed by atoms with Crippen molar-refractivity contribution in [3.8, 4) is 12.3 Å². The fourth-order valence-electron chi connectivity index (χ4n) is 8.16. The standard InChI is InChI=1S/C21H22N4O.C17H23N5O.C17H19N5O/c1-4-11-25(17-8-6-16(7-9-17)14(2)3)13-15-5-10-19-18(12-15)20(26)24-21(22)23-19;2*1-10(2)12-3-5-13(6-4-12)19-8-11-7-14-15(20-9-11)21-17(18)22-16(14)23/h1,5-10,12,14H,11,13H2,2-3H3,(H3,22,23,24,26);3-6,10-11,19H,7-9H2,1-2H3,(H4,18,20,21,22,23);3-7,9-10,19H,8H2,1-2H3,(H3,18,20,21,22,23). The van der Waals surface area contributed by atoms with Crippen LogP contribution in [0.3, 0.4) is 0 Å². The van der Waals surface area contributed by atoms with Gasteiger partial charge in [-0.25, -0.2) is 9.97 Å². The zero-order valence-corrected chi connectivity index (χ0v) is 41.6. The van der Waals surface area contributed by atoms with Crippen LogP contribution in [0.15, 0.2) is 118 Å². The van der Waals surface area contributed by atoms with Gasteiger partial charge in [-0.15, -0.1) is 6.42 Å². The van der Waals surface area contributed by atoms with Crippen LogP contribution in [0.4, 0.5) is 40.7 Å². The number of nitrogen functional groups attached to an aromatic ring is 3. The molecule has 9 rings (SSSR count). The number of nitrogens with zero attached hydrogens (tertiary/aromatic N) is 5. The number of rotatable bonds is 13. The molecule has 4 aromatic heterocycles. The van der Waals surface area contributed by atoms with Gasteiger partial charge >= 0.3 is 0 Å². The maximum atomic E-state index is 12.1. The summed E-state index contributed by atoms with van der Waals surface area (Å²) in [5, 5.41) is 10.9. The Labute approximate surface area is 418 Å². The van der Waals surface area contributed by atoms with Crippen molar-refractivity contribution in [2.75, 3.05) is 57.7 Å². The largest absolute Gasteiger partial charge is 0.385 e. The first-order valence-corrected chi connectivity index (χ1v) is 24.0. The third-order valence-electron chi connectivity index (χ3n) is 12.3. The molecule has 0 aliphatic carbocycles. The summed E-state index contributed by atoms with van der Waals surface area (Å²) >= 11 is 0. The number of benzene rings is 4.